The second-order valence-corrected chi connectivity index (χ2v) is 22.8. The van der Waals surface area contributed by atoms with Gasteiger partial charge >= 0.3 is 0 Å². The van der Waals surface area contributed by atoms with Crippen LogP contribution in [-0.2, 0) is 10.8 Å². The van der Waals surface area contributed by atoms with Gasteiger partial charge in [0.2, 0.25) is 11.9 Å². The monoisotopic (exact) mass is 1020 g/mol. The maximum atomic E-state index is 5.64. The van der Waals surface area contributed by atoms with E-state index in [0.29, 0.717) is 17.7 Å². The van der Waals surface area contributed by atoms with Gasteiger partial charge in [0.25, 0.3) is 0 Å². The molecule has 0 N–H and O–H groups in total. The maximum Gasteiger partial charge on any atom is 0.240 e. The summed E-state index contributed by atoms with van der Waals surface area (Å²) < 4.78 is 4.49. The Morgan fingerprint density at radius 3 is 1.14 bits per heavy atom. The molecule has 5 heteroatoms. The van der Waals surface area contributed by atoms with Crippen molar-refractivity contribution >= 4 is 43.6 Å². The third kappa shape index (κ3) is 6.86. The molecule has 2 aliphatic carbocycles. The highest BCUT2D eigenvalue weighted by atomic mass is 15.3. The van der Waals surface area contributed by atoms with Crippen molar-refractivity contribution in [2.75, 3.05) is 0 Å². The van der Waals surface area contributed by atoms with Gasteiger partial charge in [0.1, 0.15) is 0 Å². The zero-order valence-electron chi connectivity index (χ0n) is 44.9. The van der Waals surface area contributed by atoms with Crippen molar-refractivity contribution in [3.8, 4) is 90.0 Å². The first kappa shape index (κ1) is 46.2. The van der Waals surface area contributed by atoms with Crippen molar-refractivity contribution in [3.63, 3.8) is 0 Å². The molecule has 0 fully saturated rings. The number of para-hydroxylation sites is 2. The van der Waals surface area contributed by atoms with Crippen LogP contribution in [0.15, 0.2) is 249 Å². The highest BCUT2D eigenvalue weighted by Gasteiger charge is 2.37. The zero-order chi connectivity index (χ0) is 53.4. The predicted molar refractivity (Wildman–Crippen MR) is 331 cm³/mol. The first-order valence-corrected chi connectivity index (χ1v) is 27.8. The van der Waals surface area contributed by atoms with Crippen LogP contribution in [0.4, 0.5) is 0 Å². The van der Waals surface area contributed by atoms with Crippen LogP contribution in [0.3, 0.4) is 0 Å². The zero-order valence-corrected chi connectivity index (χ0v) is 44.9. The summed E-state index contributed by atoms with van der Waals surface area (Å²) >= 11 is 0. The van der Waals surface area contributed by atoms with E-state index in [9.17, 15) is 0 Å². The summed E-state index contributed by atoms with van der Waals surface area (Å²) in [5, 5.41) is 4.51. The Kier molecular flexibility index (Phi) is 9.96. The average molecular weight is 1020 g/mol. The molecule has 0 aliphatic heterocycles. The van der Waals surface area contributed by atoms with Crippen LogP contribution in [0.5, 0.6) is 0 Å². The number of hydrogen-bond acceptors (Lipinski definition) is 3. The van der Waals surface area contributed by atoms with Crippen molar-refractivity contribution in [3.05, 3.63) is 271 Å². The standard InChI is InChI=1S/C75H53N5/c1-74(2)63-27-15-11-23-54(63)56-37-32-51(44-65(56)74)49-34-39-69-60(41-49)58-25-13-17-29-67(58)79(69)72-76-71(62-43-48(46-19-7-5-8-20-46)31-36-53(62)47-21-9-6-10-22-47)77-73(78-72)80-68-30-18-14-26-59(68)61-42-50(35-40-70(61)80)52-33-38-57-55-24-12-16-28-64(55)75(3,4)66(57)45-52/h5-45H,1-4H3. The first-order chi connectivity index (χ1) is 39.2. The molecule has 2 aliphatic rings. The summed E-state index contributed by atoms with van der Waals surface area (Å²) in [6.45, 7) is 9.40. The van der Waals surface area contributed by atoms with Crippen molar-refractivity contribution in [1.82, 2.24) is 24.1 Å². The van der Waals surface area contributed by atoms with Gasteiger partial charge in [0.05, 0.1) is 22.1 Å². The van der Waals surface area contributed by atoms with Gasteiger partial charge in [0, 0.05) is 37.9 Å². The van der Waals surface area contributed by atoms with E-state index in [1.54, 1.807) is 0 Å². The molecule has 11 aromatic carbocycles. The Balaban J connectivity index is 0.918. The van der Waals surface area contributed by atoms with Crippen LogP contribution in [-0.4, -0.2) is 24.1 Å². The lowest BCUT2D eigenvalue weighted by Gasteiger charge is -2.22. The predicted octanol–water partition coefficient (Wildman–Crippen LogP) is 19.0. The lowest BCUT2D eigenvalue weighted by molar-refractivity contribution is 0.660. The van der Waals surface area contributed by atoms with E-state index in [1.807, 2.05) is 0 Å². The molecule has 80 heavy (non-hydrogen) atoms. The average Bonchev–Trinajstić information content (AvgIpc) is 4.24. The van der Waals surface area contributed by atoms with Crippen LogP contribution in [0.1, 0.15) is 49.9 Å². The molecule has 0 atom stereocenters. The molecule has 0 saturated heterocycles. The fourth-order valence-electron chi connectivity index (χ4n) is 13.6. The first-order valence-electron chi connectivity index (χ1n) is 27.8. The molecule has 378 valence electrons. The number of aromatic nitrogens is 5. The minimum Gasteiger partial charge on any atom is -0.278 e. The van der Waals surface area contributed by atoms with Crippen LogP contribution in [0, 0.1) is 0 Å². The minimum atomic E-state index is -0.108. The quantitative estimate of drug-likeness (QED) is 0.160. The molecule has 0 amide bonds. The van der Waals surface area contributed by atoms with Crippen molar-refractivity contribution in [2.24, 2.45) is 0 Å². The number of fused-ring (bicyclic) bond motifs is 12. The molecular weight excluding hydrogens is 971 g/mol. The highest BCUT2D eigenvalue weighted by molar-refractivity contribution is 6.12. The van der Waals surface area contributed by atoms with Gasteiger partial charge in [-0.3, -0.25) is 9.13 Å². The van der Waals surface area contributed by atoms with Crippen molar-refractivity contribution < 1.29 is 0 Å². The molecule has 3 heterocycles. The van der Waals surface area contributed by atoms with Gasteiger partial charge in [-0.25, -0.2) is 0 Å². The second kappa shape index (κ2) is 17.3. The van der Waals surface area contributed by atoms with Gasteiger partial charge in [-0.2, -0.15) is 15.0 Å². The van der Waals surface area contributed by atoms with Gasteiger partial charge in [-0.05, 0) is 144 Å². The maximum absolute atomic E-state index is 5.64. The molecule has 16 rings (SSSR count). The van der Waals surface area contributed by atoms with Crippen LogP contribution in [0.25, 0.3) is 134 Å². The van der Waals surface area contributed by atoms with Crippen LogP contribution < -0.4 is 0 Å². The molecule has 0 unspecified atom stereocenters. The fraction of sp³-hybridized carbons (Fsp3) is 0.0800. The summed E-state index contributed by atoms with van der Waals surface area (Å²) in [4.78, 5) is 16.9. The third-order valence-corrected chi connectivity index (χ3v) is 17.6. The van der Waals surface area contributed by atoms with Crippen LogP contribution in [0.2, 0.25) is 0 Å². The van der Waals surface area contributed by atoms with E-state index < -0.39 is 0 Å². The Labute approximate surface area is 464 Å². The smallest absolute Gasteiger partial charge is 0.240 e. The lowest BCUT2D eigenvalue weighted by atomic mass is 9.81. The summed E-state index contributed by atoms with van der Waals surface area (Å²) in [5.74, 6) is 1.65. The molecule has 14 aromatic rings. The number of benzene rings is 11. The third-order valence-electron chi connectivity index (χ3n) is 17.6. The van der Waals surface area contributed by atoms with Crippen LogP contribution >= 0.6 is 0 Å². The summed E-state index contributed by atoms with van der Waals surface area (Å²) in [6, 6.07) is 90.7. The van der Waals surface area contributed by atoms with E-state index in [0.717, 1.165) is 82.6 Å². The SMILES string of the molecule is CC1(C)c2ccccc2-c2ccc(-c3ccc4c(c3)c3ccccc3n4-c3nc(-c4cc(-c5ccccc5)ccc4-c4ccccc4)nc(-n4c5ccccc5c5cc(-c6ccc7c(c6)C(C)(C)c6ccccc6-7)ccc54)n3)cc21. The molecular formula is C75H53N5. The minimum absolute atomic E-state index is 0.108. The molecule has 5 nitrogen and oxygen atoms in total. The number of rotatable bonds is 7. The molecule has 0 bridgehead atoms. The second-order valence-electron chi connectivity index (χ2n) is 22.8. The van der Waals surface area contributed by atoms with E-state index in [-0.39, 0.29) is 10.8 Å². The largest absolute Gasteiger partial charge is 0.278 e. The van der Waals surface area contributed by atoms with Gasteiger partial charge in [-0.15, -0.1) is 0 Å². The van der Waals surface area contributed by atoms with E-state index in [4.69, 9.17) is 15.0 Å². The van der Waals surface area contributed by atoms with Gasteiger partial charge in [0.15, 0.2) is 5.82 Å². The fourth-order valence-corrected chi connectivity index (χ4v) is 13.6. The molecule has 0 saturated carbocycles. The lowest BCUT2D eigenvalue weighted by Crippen LogP contribution is -2.14. The summed E-state index contributed by atoms with van der Waals surface area (Å²) in [6.07, 6.45) is 0. The normalized spacial score (nSPS) is 13.7. The van der Waals surface area contributed by atoms with Gasteiger partial charge < -0.3 is 0 Å². The Hall–Kier alpha value is -9.97. The Morgan fingerprint density at radius 1 is 0.250 bits per heavy atom. The Morgan fingerprint density at radius 2 is 0.625 bits per heavy atom. The van der Waals surface area contributed by atoms with E-state index >= 15 is 0 Å². The van der Waals surface area contributed by atoms with E-state index in [2.05, 4.69) is 286 Å². The van der Waals surface area contributed by atoms with Crippen molar-refractivity contribution in [2.45, 2.75) is 38.5 Å². The number of nitrogens with zero attached hydrogens (tertiary/aromatic N) is 5. The Bertz CT molecular complexity index is 4640. The molecule has 3 aromatic heterocycles. The van der Waals surface area contributed by atoms with E-state index in [1.165, 1.54) is 55.6 Å². The molecule has 0 radical (unpaired) electrons. The topological polar surface area (TPSA) is 48.5 Å². The van der Waals surface area contributed by atoms with Crippen molar-refractivity contribution in [1.29, 1.82) is 0 Å². The highest BCUT2D eigenvalue weighted by Crippen LogP contribution is 2.52. The van der Waals surface area contributed by atoms with Gasteiger partial charge in [-0.1, -0.05) is 222 Å². The molecule has 0 spiro atoms. The summed E-state index contributed by atoms with van der Waals surface area (Å²) in [7, 11) is 0. The number of hydrogen-bond donors (Lipinski definition) is 0. The summed E-state index contributed by atoms with van der Waals surface area (Å²) in [5.41, 5.74) is 24.5.